The molecule has 0 fully saturated rings. The summed E-state index contributed by atoms with van der Waals surface area (Å²) in [6.45, 7) is 0. The Bertz CT molecular complexity index is 835. The van der Waals surface area contributed by atoms with Crippen molar-refractivity contribution in [2.24, 2.45) is 0 Å². The number of para-hydroxylation sites is 1. The Morgan fingerprint density at radius 3 is 2.64 bits per heavy atom. The van der Waals surface area contributed by atoms with E-state index in [0.29, 0.717) is 11.0 Å². The van der Waals surface area contributed by atoms with Crippen molar-refractivity contribution in [3.05, 3.63) is 54.9 Å². The molecule has 1 amide bonds. The summed E-state index contributed by atoms with van der Waals surface area (Å²) in [6.07, 6.45) is 3.46. The van der Waals surface area contributed by atoms with Crippen LogP contribution in [0.3, 0.4) is 0 Å². The number of hydrogen-bond donors (Lipinski definition) is 1. The van der Waals surface area contributed by atoms with E-state index in [-0.39, 0.29) is 11.7 Å². The van der Waals surface area contributed by atoms with Crippen LogP contribution >= 0.6 is 11.8 Å². The highest BCUT2D eigenvalue weighted by molar-refractivity contribution is 7.99. The molecule has 0 unspecified atom stereocenters. The van der Waals surface area contributed by atoms with Crippen molar-refractivity contribution in [1.29, 1.82) is 0 Å². The molecule has 1 N–H and O–H groups in total. The second-order valence-electron chi connectivity index (χ2n) is 5.44. The SMILES string of the molecule is CN(C)NC(=O)CSc1nnc(-c2cccnc2)n1-c1ccccc1. The third-order valence-corrected chi connectivity index (χ3v) is 4.18. The fraction of sp³-hybridized carbons (Fsp3) is 0.176. The lowest BCUT2D eigenvalue weighted by atomic mass is 10.2. The van der Waals surface area contributed by atoms with Crippen molar-refractivity contribution in [1.82, 2.24) is 30.2 Å². The van der Waals surface area contributed by atoms with Crippen LogP contribution in [-0.4, -0.2) is 50.5 Å². The van der Waals surface area contributed by atoms with E-state index in [1.807, 2.05) is 47.0 Å². The predicted molar refractivity (Wildman–Crippen MR) is 97.1 cm³/mol. The molecule has 0 spiro atoms. The first-order chi connectivity index (χ1) is 12.1. The van der Waals surface area contributed by atoms with E-state index in [1.165, 1.54) is 11.8 Å². The number of amides is 1. The lowest BCUT2D eigenvalue weighted by molar-refractivity contribution is -0.122. The lowest BCUT2D eigenvalue weighted by Gasteiger charge is -2.12. The van der Waals surface area contributed by atoms with Gasteiger partial charge in [0, 0.05) is 37.7 Å². The van der Waals surface area contributed by atoms with E-state index >= 15 is 0 Å². The first-order valence-corrected chi connectivity index (χ1v) is 8.64. The standard InChI is InChI=1S/C17H18N6OS/c1-22(2)21-15(24)12-25-17-20-19-16(13-7-6-10-18-11-13)23(17)14-8-4-3-5-9-14/h3-11H,12H2,1-2H3,(H,21,24). The van der Waals surface area contributed by atoms with Gasteiger partial charge in [-0.1, -0.05) is 30.0 Å². The molecule has 0 bridgehead atoms. The van der Waals surface area contributed by atoms with Crippen LogP contribution in [0, 0.1) is 0 Å². The molecule has 0 aliphatic heterocycles. The Labute approximate surface area is 150 Å². The molecule has 0 saturated heterocycles. The van der Waals surface area contributed by atoms with Gasteiger partial charge in [-0.25, -0.2) is 5.01 Å². The zero-order chi connectivity index (χ0) is 17.6. The fourth-order valence-electron chi connectivity index (χ4n) is 2.27. The van der Waals surface area contributed by atoms with Gasteiger partial charge in [-0.2, -0.15) is 0 Å². The monoisotopic (exact) mass is 354 g/mol. The number of hydrazine groups is 1. The second-order valence-corrected chi connectivity index (χ2v) is 6.38. The Kier molecular flexibility index (Phi) is 5.42. The highest BCUT2D eigenvalue weighted by Crippen LogP contribution is 2.27. The highest BCUT2D eigenvalue weighted by atomic mass is 32.2. The molecule has 0 radical (unpaired) electrons. The van der Waals surface area contributed by atoms with Gasteiger partial charge < -0.3 is 0 Å². The van der Waals surface area contributed by atoms with Crippen molar-refractivity contribution in [2.45, 2.75) is 5.16 Å². The summed E-state index contributed by atoms with van der Waals surface area (Å²) in [4.78, 5) is 16.1. The summed E-state index contributed by atoms with van der Waals surface area (Å²) in [6, 6.07) is 13.6. The third-order valence-electron chi connectivity index (χ3n) is 3.25. The molecule has 2 heterocycles. The van der Waals surface area contributed by atoms with Gasteiger partial charge in [0.15, 0.2) is 11.0 Å². The number of hydrogen-bond acceptors (Lipinski definition) is 6. The van der Waals surface area contributed by atoms with Crippen LogP contribution in [0.2, 0.25) is 0 Å². The van der Waals surface area contributed by atoms with Gasteiger partial charge in [-0.05, 0) is 24.3 Å². The number of aromatic nitrogens is 4. The molecule has 3 aromatic rings. The van der Waals surface area contributed by atoms with Crippen molar-refractivity contribution in [3.63, 3.8) is 0 Å². The summed E-state index contributed by atoms with van der Waals surface area (Å²) < 4.78 is 1.94. The Hall–Kier alpha value is -2.71. The minimum atomic E-state index is -0.0967. The Morgan fingerprint density at radius 2 is 1.96 bits per heavy atom. The topological polar surface area (TPSA) is 75.9 Å². The normalized spacial score (nSPS) is 10.8. The zero-order valence-electron chi connectivity index (χ0n) is 14.0. The zero-order valence-corrected chi connectivity index (χ0v) is 14.8. The first-order valence-electron chi connectivity index (χ1n) is 7.66. The van der Waals surface area contributed by atoms with E-state index in [4.69, 9.17) is 0 Å². The van der Waals surface area contributed by atoms with Crippen LogP contribution in [0.25, 0.3) is 17.1 Å². The van der Waals surface area contributed by atoms with E-state index in [0.717, 1.165) is 11.3 Å². The van der Waals surface area contributed by atoms with Gasteiger partial charge in [0.05, 0.1) is 5.75 Å². The number of nitrogens with zero attached hydrogens (tertiary/aromatic N) is 5. The molecule has 0 aliphatic carbocycles. The van der Waals surface area contributed by atoms with Crippen molar-refractivity contribution in [2.75, 3.05) is 19.8 Å². The summed E-state index contributed by atoms with van der Waals surface area (Å²) in [5, 5.41) is 10.9. The van der Waals surface area contributed by atoms with Crippen LogP contribution in [0.1, 0.15) is 0 Å². The molecule has 7 nitrogen and oxygen atoms in total. The summed E-state index contributed by atoms with van der Waals surface area (Å²) in [5.74, 6) is 0.839. The van der Waals surface area contributed by atoms with Gasteiger partial charge in [0.1, 0.15) is 0 Å². The molecule has 0 saturated carbocycles. The molecule has 0 aliphatic rings. The van der Waals surface area contributed by atoms with Crippen LogP contribution < -0.4 is 5.43 Å². The van der Waals surface area contributed by atoms with Gasteiger partial charge in [-0.3, -0.25) is 19.8 Å². The van der Waals surface area contributed by atoms with E-state index in [2.05, 4.69) is 20.6 Å². The summed E-state index contributed by atoms with van der Waals surface area (Å²) >= 11 is 1.34. The Balaban J connectivity index is 1.94. The van der Waals surface area contributed by atoms with Gasteiger partial charge >= 0.3 is 0 Å². The molecule has 2 aromatic heterocycles. The van der Waals surface area contributed by atoms with Gasteiger partial charge in [0.2, 0.25) is 5.91 Å². The van der Waals surface area contributed by atoms with Crippen LogP contribution in [0.4, 0.5) is 0 Å². The van der Waals surface area contributed by atoms with Crippen molar-refractivity contribution < 1.29 is 4.79 Å². The van der Waals surface area contributed by atoms with Crippen LogP contribution in [0.15, 0.2) is 60.0 Å². The number of thioether (sulfide) groups is 1. The second kappa shape index (κ2) is 7.91. The lowest BCUT2D eigenvalue weighted by Crippen LogP contribution is -2.37. The number of pyridine rings is 1. The molecule has 128 valence electrons. The number of carbonyl (C=O) groups excluding carboxylic acids is 1. The summed E-state index contributed by atoms with van der Waals surface area (Å²) in [7, 11) is 3.55. The molecule has 0 atom stereocenters. The van der Waals surface area contributed by atoms with E-state index < -0.39 is 0 Å². The molecule has 8 heteroatoms. The minimum Gasteiger partial charge on any atom is -0.289 e. The fourth-order valence-corrected chi connectivity index (χ4v) is 3.01. The van der Waals surface area contributed by atoms with Gasteiger partial charge in [0.25, 0.3) is 0 Å². The maximum atomic E-state index is 11.9. The quantitative estimate of drug-likeness (QED) is 0.539. The third kappa shape index (κ3) is 4.23. The predicted octanol–water partition coefficient (Wildman–Crippen LogP) is 2.01. The van der Waals surface area contributed by atoms with E-state index in [1.54, 1.807) is 31.5 Å². The average Bonchev–Trinajstić information content (AvgIpc) is 3.05. The molecule has 3 rings (SSSR count). The maximum absolute atomic E-state index is 11.9. The number of benzene rings is 1. The van der Waals surface area contributed by atoms with Gasteiger partial charge in [-0.15, -0.1) is 10.2 Å². The number of rotatable bonds is 6. The maximum Gasteiger partial charge on any atom is 0.244 e. The summed E-state index contributed by atoms with van der Waals surface area (Å²) in [5.41, 5.74) is 4.51. The number of nitrogens with one attached hydrogen (secondary N) is 1. The average molecular weight is 354 g/mol. The first kappa shape index (κ1) is 17.1. The molecular formula is C17H18N6OS. The van der Waals surface area contributed by atoms with Crippen molar-refractivity contribution >= 4 is 17.7 Å². The molecular weight excluding hydrogens is 336 g/mol. The minimum absolute atomic E-state index is 0.0967. The van der Waals surface area contributed by atoms with Crippen LogP contribution in [-0.2, 0) is 4.79 Å². The molecule has 25 heavy (non-hydrogen) atoms. The Morgan fingerprint density at radius 1 is 1.16 bits per heavy atom. The molecule has 1 aromatic carbocycles. The highest BCUT2D eigenvalue weighted by Gasteiger charge is 2.17. The number of carbonyl (C=O) groups is 1. The largest absolute Gasteiger partial charge is 0.289 e. The van der Waals surface area contributed by atoms with Crippen LogP contribution in [0.5, 0.6) is 0 Å². The van der Waals surface area contributed by atoms with Crippen molar-refractivity contribution in [3.8, 4) is 17.1 Å². The van der Waals surface area contributed by atoms with E-state index in [9.17, 15) is 4.79 Å². The smallest absolute Gasteiger partial charge is 0.244 e.